The number of allylic oxidation sites excluding steroid dienone is 1. The van der Waals surface area contributed by atoms with Gasteiger partial charge in [-0.05, 0) is 35.3 Å². The number of aliphatic imine (C=N–C) groups is 1. The smallest absolute Gasteiger partial charge is 0.146 e. The lowest BCUT2D eigenvalue weighted by Gasteiger charge is -2.26. The van der Waals surface area contributed by atoms with Crippen LogP contribution in [0.5, 0.6) is 5.75 Å². The molecule has 0 aliphatic carbocycles. The summed E-state index contributed by atoms with van der Waals surface area (Å²) >= 11 is 0. The molecule has 0 radical (unpaired) electrons. The second-order valence-electron chi connectivity index (χ2n) is 5.85. The molecule has 1 N–H and O–H groups in total. The van der Waals surface area contributed by atoms with Gasteiger partial charge < -0.3 is 9.64 Å². The van der Waals surface area contributed by atoms with Gasteiger partial charge in [-0.15, -0.1) is 0 Å². The van der Waals surface area contributed by atoms with Crippen molar-refractivity contribution in [1.29, 1.82) is 5.41 Å². The highest BCUT2D eigenvalue weighted by Crippen LogP contribution is 2.30. The summed E-state index contributed by atoms with van der Waals surface area (Å²) in [4.78, 5) is 6.81. The fraction of sp³-hybridized carbons (Fsp3) is 0.412. The van der Waals surface area contributed by atoms with Gasteiger partial charge in [0.05, 0.1) is 7.11 Å². The number of nitrogens with zero attached hydrogens (tertiary/aromatic N) is 2. The SMILES string of the molecule is COc1ccc2c(c1)CN(C1=NC(=N)C=CC(C)C1C)C2. The first-order valence-electron chi connectivity index (χ1n) is 7.34. The number of rotatable bonds is 1. The fourth-order valence-corrected chi connectivity index (χ4v) is 2.93. The van der Waals surface area contributed by atoms with E-state index in [1.165, 1.54) is 11.1 Å². The van der Waals surface area contributed by atoms with Gasteiger partial charge in [0.25, 0.3) is 0 Å². The lowest BCUT2D eigenvalue weighted by Crippen LogP contribution is -2.33. The minimum Gasteiger partial charge on any atom is -0.497 e. The molecule has 2 aliphatic heterocycles. The summed E-state index contributed by atoms with van der Waals surface area (Å²) in [5, 5.41) is 7.91. The van der Waals surface area contributed by atoms with Gasteiger partial charge >= 0.3 is 0 Å². The Morgan fingerprint density at radius 2 is 2.00 bits per heavy atom. The molecule has 0 fully saturated rings. The van der Waals surface area contributed by atoms with Crippen LogP contribution in [-0.4, -0.2) is 23.7 Å². The minimum atomic E-state index is 0.320. The molecular formula is C17H21N3O. The average molecular weight is 283 g/mol. The lowest BCUT2D eigenvalue weighted by molar-refractivity contribution is 0.401. The highest BCUT2D eigenvalue weighted by atomic mass is 16.5. The molecule has 0 bridgehead atoms. The van der Waals surface area contributed by atoms with E-state index >= 15 is 0 Å². The topological polar surface area (TPSA) is 48.7 Å². The second-order valence-corrected chi connectivity index (χ2v) is 5.85. The molecular weight excluding hydrogens is 262 g/mol. The summed E-state index contributed by atoms with van der Waals surface area (Å²) in [6, 6.07) is 6.24. The van der Waals surface area contributed by atoms with Gasteiger partial charge in [-0.2, -0.15) is 0 Å². The minimum absolute atomic E-state index is 0.320. The summed E-state index contributed by atoms with van der Waals surface area (Å²) in [7, 11) is 1.70. The predicted octanol–water partition coefficient (Wildman–Crippen LogP) is 3.23. The zero-order valence-electron chi connectivity index (χ0n) is 12.8. The summed E-state index contributed by atoms with van der Waals surface area (Å²) in [6.07, 6.45) is 3.89. The number of amidine groups is 2. The van der Waals surface area contributed by atoms with Crippen molar-refractivity contribution in [3.63, 3.8) is 0 Å². The van der Waals surface area contributed by atoms with Crippen LogP contribution in [-0.2, 0) is 13.1 Å². The molecule has 110 valence electrons. The number of ether oxygens (including phenoxy) is 1. The first-order chi connectivity index (χ1) is 10.1. The Hall–Kier alpha value is -2.10. The Labute approximate surface area is 125 Å². The summed E-state index contributed by atoms with van der Waals surface area (Å²) in [6.45, 7) is 6.08. The molecule has 21 heavy (non-hydrogen) atoms. The summed E-state index contributed by atoms with van der Waals surface area (Å²) < 4.78 is 5.30. The molecule has 1 aromatic rings. The molecule has 4 nitrogen and oxygen atoms in total. The van der Waals surface area contributed by atoms with Crippen LogP contribution in [0.3, 0.4) is 0 Å². The van der Waals surface area contributed by atoms with E-state index in [1.54, 1.807) is 13.2 Å². The van der Waals surface area contributed by atoms with Crippen molar-refractivity contribution in [3.8, 4) is 5.75 Å². The number of nitrogens with one attached hydrogen (secondary N) is 1. The number of methoxy groups -OCH3 is 1. The highest BCUT2D eigenvalue weighted by Gasteiger charge is 2.28. The average Bonchev–Trinajstić information content (AvgIpc) is 2.86. The van der Waals surface area contributed by atoms with Gasteiger partial charge in [0.15, 0.2) is 0 Å². The Morgan fingerprint density at radius 1 is 1.24 bits per heavy atom. The van der Waals surface area contributed by atoms with E-state index in [9.17, 15) is 0 Å². The molecule has 4 heteroatoms. The zero-order chi connectivity index (χ0) is 15.0. The monoisotopic (exact) mass is 283 g/mol. The molecule has 0 saturated carbocycles. The van der Waals surface area contributed by atoms with Gasteiger partial charge in [0.1, 0.15) is 17.4 Å². The number of hydrogen-bond donors (Lipinski definition) is 1. The number of hydrogen-bond acceptors (Lipinski definition) is 3. The van der Waals surface area contributed by atoms with E-state index in [4.69, 9.17) is 10.1 Å². The zero-order valence-corrected chi connectivity index (χ0v) is 12.8. The Kier molecular flexibility index (Phi) is 3.53. The molecule has 3 rings (SSSR count). The lowest BCUT2D eigenvalue weighted by atomic mass is 9.94. The Bertz CT molecular complexity index is 633. The molecule has 0 saturated heterocycles. The largest absolute Gasteiger partial charge is 0.497 e. The van der Waals surface area contributed by atoms with Crippen molar-refractivity contribution in [2.24, 2.45) is 16.8 Å². The van der Waals surface area contributed by atoms with Crippen LogP contribution in [0.25, 0.3) is 0 Å². The standard InChI is InChI=1S/C17H21N3O/c1-11-4-7-16(18)19-17(12(11)2)20-9-13-5-6-15(21-3)8-14(13)10-20/h4-8,11-12,18H,9-10H2,1-3H3. The van der Waals surface area contributed by atoms with E-state index in [1.807, 2.05) is 6.07 Å². The van der Waals surface area contributed by atoms with Crippen molar-refractivity contribution in [1.82, 2.24) is 4.90 Å². The van der Waals surface area contributed by atoms with Gasteiger partial charge in [0.2, 0.25) is 0 Å². The van der Waals surface area contributed by atoms with Crippen molar-refractivity contribution >= 4 is 11.7 Å². The molecule has 0 amide bonds. The number of benzene rings is 1. The maximum absolute atomic E-state index is 7.91. The van der Waals surface area contributed by atoms with Crippen molar-refractivity contribution in [3.05, 3.63) is 41.5 Å². The van der Waals surface area contributed by atoms with Gasteiger partial charge in [-0.25, -0.2) is 4.99 Å². The maximum Gasteiger partial charge on any atom is 0.146 e. The van der Waals surface area contributed by atoms with Crippen LogP contribution in [0.15, 0.2) is 35.3 Å². The van der Waals surface area contributed by atoms with Gasteiger partial charge in [-0.1, -0.05) is 26.0 Å². The van der Waals surface area contributed by atoms with Crippen LogP contribution in [0.4, 0.5) is 0 Å². The molecule has 2 atom stereocenters. The fourth-order valence-electron chi connectivity index (χ4n) is 2.93. The molecule has 0 spiro atoms. The van der Waals surface area contributed by atoms with Crippen molar-refractivity contribution < 1.29 is 4.74 Å². The quantitative estimate of drug-likeness (QED) is 0.860. The first-order valence-corrected chi connectivity index (χ1v) is 7.34. The Balaban J connectivity index is 1.88. The van der Waals surface area contributed by atoms with E-state index in [0.29, 0.717) is 17.7 Å². The normalized spacial score (nSPS) is 24.6. The third kappa shape index (κ3) is 2.58. The van der Waals surface area contributed by atoms with E-state index in [0.717, 1.165) is 24.7 Å². The van der Waals surface area contributed by atoms with Crippen LogP contribution < -0.4 is 4.74 Å². The van der Waals surface area contributed by atoms with E-state index in [-0.39, 0.29) is 0 Å². The maximum atomic E-state index is 7.91. The molecule has 2 unspecified atom stereocenters. The van der Waals surface area contributed by atoms with Crippen LogP contribution in [0.2, 0.25) is 0 Å². The highest BCUT2D eigenvalue weighted by molar-refractivity contribution is 6.03. The van der Waals surface area contributed by atoms with Crippen molar-refractivity contribution in [2.45, 2.75) is 26.9 Å². The van der Waals surface area contributed by atoms with Gasteiger partial charge in [0, 0.05) is 19.0 Å². The van der Waals surface area contributed by atoms with E-state index < -0.39 is 0 Å². The molecule has 1 aromatic carbocycles. The Morgan fingerprint density at radius 3 is 2.76 bits per heavy atom. The molecule has 0 aromatic heterocycles. The van der Waals surface area contributed by atoms with Crippen LogP contribution in [0, 0.1) is 17.2 Å². The second kappa shape index (κ2) is 5.35. The molecule has 2 aliphatic rings. The summed E-state index contributed by atoms with van der Waals surface area (Å²) in [5.74, 6) is 2.97. The van der Waals surface area contributed by atoms with Crippen LogP contribution in [0.1, 0.15) is 25.0 Å². The predicted molar refractivity (Wildman–Crippen MR) is 84.9 cm³/mol. The van der Waals surface area contributed by atoms with Crippen LogP contribution >= 0.6 is 0 Å². The third-order valence-electron chi connectivity index (χ3n) is 4.45. The summed E-state index contributed by atoms with van der Waals surface area (Å²) in [5.41, 5.74) is 2.61. The molecule has 2 heterocycles. The van der Waals surface area contributed by atoms with E-state index in [2.05, 4.69) is 41.9 Å². The first kappa shape index (κ1) is 13.9. The van der Waals surface area contributed by atoms with Crippen molar-refractivity contribution in [2.75, 3.05) is 7.11 Å². The van der Waals surface area contributed by atoms with Gasteiger partial charge in [-0.3, -0.25) is 5.41 Å². The number of fused-ring (bicyclic) bond motifs is 1. The third-order valence-corrected chi connectivity index (χ3v) is 4.45.